The minimum atomic E-state index is -1.96. The molecule has 2 amide bonds. The van der Waals surface area contributed by atoms with E-state index < -0.39 is 16.6 Å². The highest BCUT2D eigenvalue weighted by atomic mass is 31.2. The molecular weight excluding hydrogens is 654 g/mol. The molecule has 268 valence electrons. The Bertz CT molecular complexity index is 1630. The normalized spacial score (nSPS) is 12.6. The maximum atomic E-state index is 14.7. The summed E-state index contributed by atoms with van der Waals surface area (Å²) in [6, 6.07) is 33.2. The molecule has 0 saturated heterocycles. The van der Waals surface area contributed by atoms with Gasteiger partial charge >= 0.3 is 14.6 Å². The first-order valence-electron chi connectivity index (χ1n) is 17.5. The van der Waals surface area contributed by atoms with E-state index in [0.29, 0.717) is 0 Å². The molecule has 5 nitrogen and oxygen atoms in total. The van der Waals surface area contributed by atoms with Crippen LogP contribution in [-0.2, 0) is 21.7 Å². The van der Waals surface area contributed by atoms with Crippen molar-refractivity contribution < 1.29 is 13.8 Å². The SMILES string of the molecule is CN(C(=O)N(C)P(c1ccccc1)c1ccccc1)P(Oc1ccc(C(C)(C)C)cc1C(C)(C)C)Oc1ccc(C(C)(C)C)cc1C(C)(C)C. The molecule has 0 heterocycles. The first kappa shape index (κ1) is 39.4. The summed E-state index contributed by atoms with van der Waals surface area (Å²) in [5.41, 5.74) is 4.13. The average Bonchev–Trinajstić information content (AvgIpc) is 3.03. The zero-order valence-corrected chi connectivity index (χ0v) is 34.5. The van der Waals surface area contributed by atoms with E-state index in [1.54, 1.807) is 11.7 Å². The number of urea groups is 1. The highest BCUT2D eigenvalue weighted by molar-refractivity contribution is 7.71. The lowest BCUT2D eigenvalue weighted by Crippen LogP contribution is -2.38. The molecule has 0 radical (unpaired) electrons. The summed E-state index contributed by atoms with van der Waals surface area (Å²) in [7, 11) is 0.556. The van der Waals surface area contributed by atoms with Gasteiger partial charge in [-0.2, -0.15) is 0 Å². The number of amides is 2. The topological polar surface area (TPSA) is 42.0 Å². The molecule has 0 fully saturated rings. The van der Waals surface area contributed by atoms with Crippen LogP contribution >= 0.6 is 16.6 Å². The van der Waals surface area contributed by atoms with Crippen molar-refractivity contribution in [2.24, 2.45) is 0 Å². The Hall–Kier alpha value is -3.39. The van der Waals surface area contributed by atoms with Gasteiger partial charge in [0.25, 0.3) is 0 Å². The van der Waals surface area contributed by atoms with Crippen molar-refractivity contribution in [2.75, 3.05) is 14.1 Å². The van der Waals surface area contributed by atoms with Gasteiger partial charge in [-0.05, 0) is 44.9 Å². The smallest absolute Gasteiger partial charge is 0.420 e. The van der Waals surface area contributed by atoms with Crippen LogP contribution in [-0.4, -0.2) is 29.5 Å². The number of rotatable bonds is 8. The third-order valence-corrected chi connectivity index (χ3v) is 12.5. The van der Waals surface area contributed by atoms with E-state index in [-0.39, 0.29) is 27.7 Å². The number of benzene rings is 4. The van der Waals surface area contributed by atoms with Gasteiger partial charge in [-0.25, -0.2) is 9.46 Å². The van der Waals surface area contributed by atoms with Crippen molar-refractivity contribution in [1.29, 1.82) is 0 Å². The van der Waals surface area contributed by atoms with Crippen LogP contribution in [0, 0.1) is 0 Å². The van der Waals surface area contributed by atoms with Crippen LogP contribution in [0.3, 0.4) is 0 Å². The Morgan fingerprint density at radius 2 is 0.860 bits per heavy atom. The second-order valence-electron chi connectivity index (χ2n) is 17.2. The fraction of sp³-hybridized carbons (Fsp3) is 0.419. The van der Waals surface area contributed by atoms with Crippen LogP contribution < -0.4 is 19.7 Å². The van der Waals surface area contributed by atoms with E-state index in [9.17, 15) is 4.79 Å². The molecule has 0 aliphatic carbocycles. The first-order valence-corrected chi connectivity index (χ1v) is 19.9. The summed E-state index contributed by atoms with van der Waals surface area (Å²) in [5.74, 6) is 1.44. The van der Waals surface area contributed by atoms with Gasteiger partial charge in [0.1, 0.15) is 11.5 Å². The fourth-order valence-electron chi connectivity index (χ4n) is 5.63. The summed E-state index contributed by atoms with van der Waals surface area (Å²) < 4.78 is 17.4. The summed E-state index contributed by atoms with van der Waals surface area (Å²) in [5, 5.41) is 2.18. The Balaban J connectivity index is 1.85. The second kappa shape index (κ2) is 15.1. The highest BCUT2D eigenvalue weighted by Gasteiger charge is 2.36. The molecular formula is C43H58N2O3P2. The van der Waals surface area contributed by atoms with Gasteiger partial charge in [0, 0.05) is 35.8 Å². The van der Waals surface area contributed by atoms with Crippen molar-refractivity contribution in [3.8, 4) is 11.5 Å². The Morgan fingerprint density at radius 3 is 1.18 bits per heavy atom. The molecule has 0 aliphatic heterocycles. The summed E-state index contributed by atoms with van der Waals surface area (Å²) in [4.78, 5) is 14.7. The van der Waals surface area contributed by atoms with Gasteiger partial charge in [0.05, 0.1) is 8.07 Å². The van der Waals surface area contributed by atoms with Gasteiger partial charge in [-0.1, -0.05) is 168 Å². The predicted octanol–water partition coefficient (Wildman–Crippen LogP) is 11.6. The zero-order chi connectivity index (χ0) is 37.2. The minimum absolute atomic E-state index is 0.0301. The molecule has 4 aromatic rings. The first-order chi connectivity index (χ1) is 23.1. The van der Waals surface area contributed by atoms with Gasteiger partial charge < -0.3 is 9.05 Å². The molecule has 0 atom stereocenters. The van der Waals surface area contributed by atoms with Crippen LogP contribution in [0.2, 0.25) is 0 Å². The molecule has 4 rings (SSSR count). The lowest BCUT2D eigenvalue weighted by atomic mass is 9.80. The molecule has 0 saturated carbocycles. The lowest BCUT2D eigenvalue weighted by molar-refractivity contribution is 0.212. The molecule has 0 spiro atoms. The standard InChI is InChI=1S/C43H58N2O3P2/c1-40(2,3)31-25-27-37(35(29-31)42(7,8)9)47-50(48-38-28-26-32(41(4,5)6)30-36(38)43(10,11)12)45(14)39(46)44(13)49(33-21-17-15-18-22-33)34-23-19-16-20-24-34/h15-30H,1-14H3. The van der Waals surface area contributed by atoms with Gasteiger partial charge in [0.2, 0.25) is 0 Å². The molecule has 0 N–H and O–H groups in total. The number of carbonyl (C=O) groups is 1. The van der Waals surface area contributed by atoms with Crippen molar-refractivity contribution in [3.63, 3.8) is 0 Å². The van der Waals surface area contributed by atoms with E-state index in [2.05, 4.69) is 144 Å². The molecule has 4 aromatic carbocycles. The van der Waals surface area contributed by atoms with Crippen LogP contribution in [0.4, 0.5) is 4.79 Å². The van der Waals surface area contributed by atoms with Gasteiger partial charge in [-0.15, -0.1) is 0 Å². The van der Waals surface area contributed by atoms with Crippen molar-refractivity contribution >= 4 is 33.2 Å². The maximum Gasteiger partial charge on any atom is 0.420 e. The monoisotopic (exact) mass is 712 g/mol. The molecule has 0 bridgehead atoms. The molecule has 0 unspecified atom stereocenters. The van der Waals surface area contributed by atoms with E-state index in [0.717, 1.165) is 33.2 Å². The third kappa shape index (κ3) is 9.48. The van der Waals surface area contributed by atoms with Crippen molar-refractivity contribution in [1.82, 2.24) is 9.34 Å². The minimum Gasteiger partial charge on any atom is -0.422 e. The quantitative estimate of drug-likeness (QED) is 0.171. The highest BCUT2D eigenvalue weighted by Crippen LogP contribution is 2.50. The largest absolute Gasteiger partial charge is 0.422 e. The van der Waals surface area contributed by atoms with E-state index in [4.69, 9.17) is 9.05 Å². The predicted molar refractivity (Wildman–Crippen MR) is 216 cm³/mol. The van der Waals surface area contributed by atoms with Crippen molar-refractivity contribution in [2.45, 2.75) is 105 Å². The van der Waals surface area contributed by atoms with Crippen LogP contribution in [0.5, 0.6) is 11.5 Å². The van der Waals surface area contributed by atoms with Crippen LogP contribution in [0.1, 0.15) is 105 Å². The Kier molecular flexibility index (Phi) is 11.9. The lowest BCUT2D eigenvalue weighted by Gasteiger charge is -2.36. The Labute approximate surface area is 305 Å². The second-order valence-corrected chi connectivity index (χ2v) is 20.9. The number of carbonyl (C=O) groups excluding carboxylic acids is 1. The van der Waals surface area contributed by atoms with Crippen LogP contribution in [0.15, 0.2) is 97.1 Å². The Morgan fingerprint density at radius 1 is 0.500 bits per heavy atom. The number of hydrogen-bond donors (Lipinski definition) is 0. The van der Waals surface area contributed by atoms with E-state index in [1.807, 2.05) is 48.1 Å². The number of nitrogens with zero attached hydrogens (tertiary/aromatic N) is 2. The van der Waals surface area contributed by atoms with E-state index >= 15 is 0 Å². The van der Waals surface area contributed by atoms with Gasteiger partial charge in [0.15, 0.2) is 0 Å². The number of hydrogen-bond acceptors (Lipinski definition) is 3. The molecule has 7 heteroatoms. The van der Waals surface area contributed by atoms with Crippen molar-refractivity contribution in [3.05, 3.63) is 119 Å². The van der Waals surface area contributed by atoms with Crippen LogP contribution in [0.25, 0.3) is 0 Å². The zero-order valence-electron chi connectivity index (χ0n) is 32.8. The molecule has 0 aliphatic rings. The molecule has 0 aromatic heterocycles. The summed E-state index contributed by atoms with van der Waals surface area (Å²) >= 11 is 0. The summed E-state index contributed by atoms with van der Waals surface area (Å²) in [6.45, 7) is 26.5. The maximum absolute atomic E-state index is 14.7. The summed E-state index contributed by atoms with van der Waals surface area (Å²) in [6.07, 6.45) is 0. The van der Waals surface area contributed by atoms with E-state index in [1.165, 1.54) is 11.1 Å². The average molecular weight is 713 g/mol. The third-order valence-electron chi connectivity index (χ3n) is 8.76. The van der Waals surface area contributed by atoms with Gasteiger partial charge in [-0.3, -0.25) is 4.67 Å². The fourth-order valence-corrected chi connectivity index (χ4v) is 9.12. The molecule has 50 heavy (non-hydrogen) atoms.